The summed E-state index contributed by atoms with van der Waals surface area (Å²) >= 11 is 1.42. The average molecular weight is 269 g/mol. The summed E-state index contributed by atoms with van der Waals surface area (Å²) in [5.74, 6) is -0.458. The first-order valence-corrected chi connectivity index (χ1v) is 6.42. The molecule has 0 radical (unpaired) electrons. The van der Waals surface area contributed by atoms with Crippen molar-refractivity contribution in [1.29, 1.82) is 0 Å². The standard InChI is InChI=1S/C11H15N3O3S/c1-13(4-3-6-17-2)9-8(10(15)16)14-5-7-18-11(14)12-9/h5,7H,3-4,6H2,1-2H3,(H,15,16). The van der Waals surface area contributed by atoms with E-state index >= 15 is 0 Å². The molecule has 2 rings (SSSR count). The Hall–Kier alpha value is -1.60. The minimum absolute atomic E-state index is 0.214. The van der Waals surface area contributed by atoms with Crippen molar-refractivity contribution in [3.05, 3.63) is 17.3 Å². The van der Waals surface area contributed by atoms with Crippen LogP contribution < -0.4 is 4.90 Å². The zero-order valence-electron chi connectivity index (χ0n) is 10.3. The summed E-state index contributed by atoms with van der Waals surface area (Å²) in [6.45, 7) is 1.36. The van der Waals surface area contributed by atoms with Crippen molar-refractivity contribution in [3.8, 4) is 0 Å². The van der Waals surface area contributed by atoms with Crippen LogP contribution >= 0.6 is 11.3 Å². The Labute approximate surface area is 108 Å². The molecule has 0 saturated heterocycles. The highest BCUT2D eigenvalue weighted by Gasteiger charge is 2.21. The van der Waals surface area contributed by atoms with Gasteiger partial charge >= 0.3 is 5.97 Å². The fourth-order valence-electron chi connectivity index (χ4n) is 1.79. The zero-order chi connectivity index (χ0) is 13.1. The van der Waals surface area contributed by atoms with Crippen molar-refractivity contribution in [1.82, 2.24) is 9.38 Å². The number of thiazole rings is 1. The van der Waals surface area contributed by atoms with Gasteiger partial charge in [0.2, 0.25) is 0 Å². The van der Waals surface area contributed by atoms with E-state index in [0.29, 0.717) is 23.9 Å². The lowest BCUT2D eigenvalue weighted by atomic mass is 10.3. The van der Waals surface area contributed by atoms with Crippen molar-refractivity contribution >= 4 is 28.1 Å². The van der Waals surface area contributed by atoms with Crippen LogP contribution in [0.2, 0.25) is 0 Å². The molecule has 0 aliphatic heterocycles. The molecule has 0 aliphatic carbocycles. The van der Waals surface area contributed by atoms with Gasteiger partial charge in [-0.25, -0.2) is 9.78 Å². The van der Waals surface area contributed by atoms with Crippen LogP contribution in [0, 0.1) is 0 Å². The largest absolute Gasteiger partial charge is 0.476 e. The molecule has 0 atom stereocenters. The Morgan fingerprint density at radius 3 is 3.11 bits per heavy atom. The van der Waals surface area contributed by atoms with E-state index in [1.807, 2.05) is 17.3 Å². The lowest BCUT2D eigenvalue weighted by molar-refractivity contribution is 0.0690. The van der Waals surface area contributed by atoms with E-state index in [1.165, 1.54) is 11.3 Å². The fourth-order valence-corrected chi connectivity index (χ4v) is 2.50. The van der Waals surface area contributed by atoms with E-state index < -0.39 is 5.97 Å². The summed E-state index contributed by atoms with van der Waals surface area (Å²) in [6.07, 6.45) is 2.56. The molecule has 0 amide bonds. The summed E-state index contributed by atoms with van der Waals surface area (Å²) in [5, 5.41) is 11.1. The van der Waals surface area contributed by atoms with E-state index in [9.17, 15) is 9.90 Å². The predicted octanol–water partition coefficient (Wildman–Crippen LogP) is 1.57. The molecule has 0 fully saturated rings. The highest BCUT2D eigenvalue weighted by Crippen LogP contribution is 2.24. The number of methoxy groups -OCH3 is 1. The predicted molar refractivity (Wildman–Crippen MR) is 69.8 cm³/mol. The summed E-state index contributed by atoms with van der Waals surface area (Å²) < 4.78 is 6.59. The van der Waals surface area contributed by atoms with Gasteiger partial charge in [0.25, 0.3) is 0 Å². The second kappa shape index (κ2) is 5.36. The lowest BCUT2D eigenvalue weighted by Crippen LogP contribution is -2.22. The molecule has 0 spiro atoms. The van der Waals surface area contributed by atoms with Crippen LogP contribution in [-0.2, 0) is 4.74 Å². The number of carboxylic acid groups (broad SMARTS) is 1. The molecule has 0 bridgehead atoms. The highest BCUT2D eigenvalue weighted by atomic mass is 32.1. The van der Waals surface area contributed by atoms with Crippen molar-refractivity contribution in [2.45, 2.75) is 6.42 Å². The van der Waals surface area contributed by atoms with Crippen LogP contribution in [0.4, 0.5) is 5.82 Å². The van der Waals surface area contributed by atoms with Gasteiger partial charge in [-0.1, -0.05) is 0 Å². The van der Waals surface area contributed by atoms with E-state index in [4.69, 9.17) is 4.74 Å². The van der Waals surface area contributed by atoms with Gasteiger partial charge in [0.05, 0.1) is 0 Å². The molecule has 98 valence electrons. The van der Waals surface area contributed by atoms with E-state index in [1.54, 1.807) is 17.7 Å². The number of hydrogen-bond donors (Lipinski definition) is 1. The van der Waals surface area contributed by atoms with Crippen molar-refractivity contribution in [3.63, 3.8) is 0 Å². The molecular formula is C11H15N3O3S. The number of aromatic nitrogens is 2. The molecule has 0 unspecified atom stereocenters. The van der Waals surface area contributed by atoms with Crippen molar-refractivity contribution in [2.75, 3.05) is 32.2 Å². The number of fused-ring (bicyclic) bond motifs is 1. The Morgan fingerprint density at radius 1 is 1.67 bits per heavy atom. The number of carbonyl (C=O) groups is 1. The summed E-state index contributed by atoms with van der Waals surface area (Å²) in [6, 6.07) is 0. The van der Waals surface area contributed by atoms with Crippen LogP contribution in [0.15, 0.2) is 11.6 Å². The van der Waals surface area contributed by atoms with E-state index in [2.05, 4.69) is 4.98 Å². The quantitative estimate of drug-likeness (QED) is 0.806. The molecule has 0 aromatic carbocycles. The van der Waals surface area contributed by atoms with E-state index in [-0.39, 0.29) is 5.69 Å². The highest BCUT2D eigenvalue weighted by molar-refractivity contribution is 7.15. The topological polar surface area (TPSA) is 67.1 Å². The van der Waals surface area contributed by atoms with Crippen molar-refractivity contribution < 1.29 is 14.6 Å². The van der Waals surface area contributed by atoms with Crippen LogP contribution in [0.5, 0.6) is 0 Å². The third-order valence-corrected chi connectivity index (χ3v) is 3.41. The fraction of sp³-hybridized carbons (Fsp3) is 0.455. The van der Waals surface area contributed by atoms with Gasteiger partial charge in [-0.05, 0) is 6.42 Å². The third-order valence-electron chi connectivity index (χ3n) is 2.65. The van der Waals surface area contributed by atoms with Gasteiger partial charge in [-0.2, -0.15) is 0 Å². The molecule has 0 aliphatic rings. The van der Waals surface area contributed by atoms with Gasteiger partial charge in [0, 0.05) is 38.9 Å². The Balaban J connectivity index is 2.28. The molecule has 0 saturated carbocycles. The van der Waals surface area contributed by atoms with Crippen LogP contribution in [0.3, 0.4) is 0 Å². The maximum absolute atomic E-state index is 11.3. The van der Waals surface area contributed by atoms with Crippen LogP contribution in [-0.4, -0.2) is 47.8 Å². The zero-order valence-corrected chi connectivity index (χ0v) is 11.1. The smallest absolute Gasteiger partial charge is 0.356 e. The SMILES string of the molecule is COCCCN(C)c1nc2sccn2c1C(=O)O. The number of aromatic carboxylic acids is 1. The molecule has 6 nitrogen and oxygen atoms in total. The molecule has 18 heavy (non-hydrogen) atoms. The van der Waals surface area contributed by atoms with Crippen LogP contribution in [0.25, 0.3) is 4.96 Å². The third kappa shape index (κ3) is 2.32. The molecule has 7 heteroatoms. The maximum Gasteiger partial charge on any atom is 0.356 e. The number of anilines is 1. The second-order valence-electron chi connectivity index (χ2n) is 3.91. The van der Waals surface area contributed by atoms with Gasteiger partial charge in [-0.15, -0.1) is 11.3 Å². The molecular weight excluding hydrogens is 254 g/mol. The molecule has 2 aromatic heterocycles. The average Bonchev–Trinajstić information content (AvgIpc) is 2.87. The number of ether oxygens (including phenoxy) is 1. The normalized spacial score (nSPS) is 11.0. The molecule has 2 heterocycles. The molecule has 2 aromatic rings. The first-order chi connectivity index (χ1) is 8.65. The monoisotopic (exact) mass is 269 g/mol. The number of rotatable bonds is 6. The lowest BCUT2D eigenvalue weighted by Gasteiger charge is -2.16. The second-order valence-corrected chi connectivity index (χ2v) is 4.79. The number of imidazole rings is 1. The number of hydrogen-bond acceptors (Lipinski definition) is 5. The summed E-state index contributed by atoms with van der Waals surface area (Å²) in [5.41, 5.74) is 0.214. The minimum atomic E-state index is -0.963. The van der Waals surface area contributed by atoms with Crippen LogP contribution in [0.1, 0.15) is 16.9 Å². The maximum atomic E-state index is 11.3. The first kappa shape index (κ1) is 12.8. The number of carboxylic acids is 1. The Bertz CT molecular complexity index is 549. The van der Waals surface area contributed by atoms with Gasteiger partial charge in [0.15, 0.2) is 16.5 Å². The molecule has 1 N–H and O–H groups in total. The Kier molecular flexibility index (Phi) is 3.83. The first-order valence-electron chi connectivity index (χ1n) is 5.54. The van der Waals surface area contributed by atoms with Crippen molar-refractivity contribution in [2.24, 2.45) is 0 Å². The van der Waals surface area contributed by atoms with Gasteiger partial charge in [-0.3, -0.25) is 4.40 Å². The minimum Gasteiger partial charge on any atom is -0.476 e. The van der Waals surface area contributed by atoms with Gasteiger partial charge in [0.1, 0.15) is 0 Å². The number of nitrogens with zero attached hydrogens (tertiary/aromatic N) is 3. The summed E-state index contributed by atoms with van der Waals surface area (Å²) in [4.78, 5) is 18.2. The van der Waals surface area contributed by atoms with E-state index in [0.717, 1.165) is 6.42 Å². The van der Waals surface area contributed by atoms with Gasteiger partial charge < -0.3 is 14.7 Å². The summed E-state index contributed by atoms with van der Waals surface area (Å²) in [7, 11) is 3.49. The Morgan fingerprint density at radius 2 is 2.44 bits per heavy atom.